The van der Waals surface area contributed by atoms with Crippen LogP contribution in [0, 0.1) is 5.92 Å². The lowest BCUT2D eigenvalue weighted by atomic mass is 9.78. The summed E-state index contributed by atoms with van der Waals surface area (Å²) < 4.78 is 0. The van der Waals surface area contributed by atoms with Gasteiger partial charge < -0.3 is 4.90 Å². The maximum Gasteiger partial charge on any atom is 0.338 e. The number of nitrogens with zero attached hydrogens (tertiary/aromatic N) is 2. The number of likely N-dealkylation sites (N-methyl/N-ethyl adjacent to an activating group) is 1. The van der Waals surface area contributed by atoms with Gasteiger partial charge in [-0.3, -0.25) is 14.5 Å². The number of carbonyl (C=O) groups is 3. The van der Waals surface area contributed by atoms with Crippen molar-refractivity contribution in [3.05, 3.63) is 0 Å². The van der Waals surface area contributed by atoms with Gasteiger partial charge in [0.1, 0.15) is 0 Å². The van der Waals surface area contributed by atoms with Gasteiger partial charge in [0.05, 0.1) is 12.6 Å². The van der Waals surface area contributed by atoms with Crippen LogP contribution in [0.1, 0.15) is 38.5 Å². The quantitative estimate of drug-likeness (QED) is 0.553. The van der Waals surface area contributed by atoms with Crippen molar-refractivity contribution in [2.24, 2.45) is 5.92 Å². The smallest absolute Gasteiger partial charge is 0.315 e. The number of hydrogen-bond acceptors (Lipinski definition) is 3. The second-order valence-corrected chi connectivity index (χ2v) is 6.24. The highest BCUT2D eigenvalue weighted by molar-refractivity contribution is 6.44. The summed E-state index contributed by atoms with van der Waals surface area (Å²) in [5, 5.41) is 0. The topological polar surface area (TPSA) is 62.1 Å². The van der Waals surface area contributed by atoms with Gasteiger partial charge >= 0.3 is 17.8 Å². The molecular weight excluding hydrogens is 258 g/mol. The van der Waals surface area contributed by atoms with E-state index in [4.69, 9.17) is 0 Å². The molecule has 0 aromatic carbocycles. The number of piperidine rings is 1. The summed E-state index contributed by atoms with van der Waals surface area (Å²) in [6.07, 6.45) is 7.42. The van der Waals surface area contributed by atoms with Crippen LogP contribution in [0.2, 0.25) is 0 Å². The Morgan fingerprint density at radius 3 is 2.45 bits per heavy atom. The summed E-state index contributed by atoms with van der Waals surface area (Å²) in [5.41, 5.74) is 0. The predicted molar refractivity (Wildman–Crippen MR) is 70.7 cm³/mol. The van der Waals surface area contributed by atoms with E-state index in [0.29, 0.717) is 12.7 Å². The number of amides is 4. The van der Waals surface area contributed by atoms with Gasteiger partial charge in [0.2, 0.25) is 0 Å². The fourth-order valence-electron chi connectivity index (χ4n) is 4.02. The number of imide groups is 2. The van der Waals surface area contributed by atoms with Gasteiger partial charge in [-0.15, -0.1) is 0 Å². The number of likely N-dealkylation sites (tertiary alicyclic amines) is 1. The Labute approximate surface area is 118 Å². The molecule has 1 saturated carbocycles. The third kappa shape index (κ3) is 2.12. The van der Waals surface area contributed by atoms with Crippen molar-refractivity contribution in [3.8, 4) is 0 Å². The lowest BCUT2D eigenvalue weighted by Crippen LogP contribution is -3.19. The Bertz CT molecular complexity index is 449. The van der Waals surface area contributed by atoms with Gasteiger partial charge in [0, 0.05) is 13.0 Å². The number of urea groups is 1. The Morgan fingerprint density at radius 1 is 1.05 bits per heavy atom. The zero-order chi connectivity index (χ0) is 14.3. The third-order valence-electron chi connectivity index (χ3n) is 5.12. The molecule has 0 radical (unpaired) electrons. The molecule has 3 fully saturated rings. The third-order valence-corrected chi connectivity index (χ3v) is 5.12. The van der Waals surface area contributed by atoms with E-state index in [9.17, 15) is 14.4 Å². The van der Waals surface area contributed by atoms with Crippen LogP contribution < -0.4 is 4.90 Å². The summed E-state index contributed by atoms with van der Waals surface area (Å²) in [7, 11) is 1.37. The Hall–Kier alpha value is -1.43. The fraction of sp³-hybridized carbons (Fsp3) is 0.786. The minimum absolute atomic E-state index is 0.356. The van der Waals surface area contributed by atoms with Gasteiger partial charge in [-0.1, -0.05) is 6.42 Å². The molecule has 2 saturated heterocycles. The average molecular weight is 280 g/mol. The van der Waals surface area contributed by atoms with E-state index in [1.165, 1.54) is 44.1 Å². The van der Waals surface area contributed by atoms with Crippen molar-refractivity contribution < 1.29 is 19.3 Å². The van der Waals surface area contributed by atoms with Gasteiger partial charge in [-0.25, -0.2) is 9.69 Å². The lowest BCUT2D eigenvalue weighted by Gasteiger charge is -2.41. The number of nitrogens with one attached hydrogen (secondary N) is 1. The SMILES string of the molecule is CN1C(=O)C(=O)N(C[NH+]2CCC[C@@H]3CCCC[C@@H]32)C1=O. The molecule has 3 rings (SSSR count). The number of rotatable bonds is 2. The van der Waals surface area contributed by atoms with Crippen molar-refractivity contribution >= 4 is 17.8 Å². The number of hydrogen-bond donors (Lipinski definition) is 1. The molecule has 1 aliphatic carbocycles. The molecule has 3 atom stereocenters. The summed E-state index contributed by atoms with van der Waals surface area (Å²) in [4.78, 5) is 38.7. The molecule has 0 spiro atoms. The monoisotopic (exact) mass is 280 g/mol. The van der Waals surface area contributed by atoms with Gasteiger partial charge in [0.25, 0.3) is 0 Å². The maximum atomic E-state index is 12.0. The molecule has 1 N–H and O–H groups in total. The first-order valence-corrected chi connectivity index (χ1v) is 7.57. The molecule has 2 heterocycles. The van der Waals surface area contributed by atoms with E-state index in [1.807, 2.05) is 0 Å². The van der Waals surface area contributed by atoms with Gasteiger partial charge in [-0.05, 0) is 32.1 Å². The normalized spacial score (nSPS) is 34.6. The minimum Gasteiger partial charge on any atom is -0.315 e. The summed E-state index contributed by atoms with van der Waals surface area (Å²) in [6.45, 7) is 1.35. The molecule has 20 heavy (non-hydrogen) atoms. The standard InChI is InChI=1S/C14H21N3O3/c1-15-12(18)13(19)17(14(15)20)9-16-8-4-6-10-5-2-3-7-11(10)16/h10-11H,2-9H2,1H3/p+1/t10-,11-/m0/s1. The zero-order valence-corrected chi connectivity index (χ0v) is 11.9. The molecule has 2 aliphatic heterocycles. The molecule has 3 aliphatic rings. The second-order valence-electron chi connectivity index (χ2n) is 6.24. The molecule has 110 valence electrons. The molecule has 0 aromatic heterocycles. The largest absolute Gasteiger partial charge is 0.338 e. The van der Waals surface area contributed by atoms with E-state index in [0.717, 1.165) is 28.7 Å². The van der Waals surface area contributed by atoms with E-state index < -0.39 is 17.8 Å². The lowest BCUT2D eigenvalue weighted by molar-refractivity contribution is -0.942. The van der Waals surface area contributed by atoms with Crippen molar-refractivity contribution in [1.29, 1.82) is 0 Å². The predicted octanol–water partition coefficient (Wildman–Crippen LogP) is -0.398. The first-order valence-electron chi connectivity index (χ1n) is 7.57. The van der Waals surface area contributed by atoms with E-state index in [1.54, 1.807) is 0 Å². The molecular formula is C14H22N3O3+. The molecule has 4 amide bonds. The summed E-state index contributed by atoms with van der Waals surface area (Å²) in [5.74, 6) is -0.636. The first-order chi connectivity index (χ1) is 9.59. The Balaban J connectivity index is 1.72. The van der Waals surface area contributed by atoms with E-state index >= 15 is 0 Å². The fourth-order valence-corrected chi connectivity index (χ4v) is 4.02. The Morgan fingerprint density at radius 2 is 1.75 bits per heavy atom. The molecule has 0 bridgehead atoms. The number of quaternary nitrogens is 1. The average Bonchev–Trinajstić information content (AvgIpc) is 2.65. The zero-order valence-electron chi connectivity index (χ0n) is 11.9. The van der Waals surface area contributed by atoms with Crippen LogP contribution in [-0.2, 0) is 9.59 Å². The van der Waals surface area contributed by atoms with Crippen LogP contribution in [-0.4, -0.2) is 53.9 Å². The molecule has 6 heteroatoms. The van der Waals surface area contributed by atoms with Crippen molar-refractivity contribution in [1.82, 2.24) is 9.80 Å². The number of fused-ring (bicyclic) bond motifs is 1. The van der Waals surface area contributed by atoms with Crippen LogP contribution in [0.15, 0.2) is 0 Å². The molecule has 6 nitrogen and oxygen atoms in total. The van der Waals surface area contributed by atoms with Crippen molar-refractivity contribution in [3.63, 3.8) is 0 Å². The van der Waals surface area contributed by atoms with Crippen LogP contribution >= 0.6 is 0 Å². The summed E-state index contributed by atoms with van der Waals surface area (Å²) >= 11 is 0. The second kappa shape index (κ2) is 5.16. The minimum atomic E-state index is -0.702. The van der Waals surface area contributed by atoms with E-state index in [2.05, 4.69) is 0 Å². The number of carbonyl (C=O) groups excluding carboxylic acids is 3. The molecule has 0 aromatic rings. The van der Waals surface area contributed by atoms with Crippen LogP contribution in [0.3, 0.4) is 0 Å². The Kier molecular flexibility index (Phi) is 3.50. The van der Waals surface area contributed by atoms with Crippen molar-refractivity contribution in [2.75, 3.05) is 20.3 Å². The van der Waals surface area contributed by atoms with Crippen LogP contribution in [0.4, 0.5) is 4.79 Å². The maximum absolute atomic E-state index is 12.0. The van der Waals surface area contributed by atoms with Gasteiger partial charge in [-0.2, -0.15) is 0 Å². The van der Waals surface area contributed by atoms with E-state index in [-0.39, 0.29) is 0 Å². The van der Waals surface area contributed by atoms with Crippen molar-refractivity contribution in [2.45, 2.75) is 44.6 Å². The summed E-state index contributed by atoms with van der Waals surface area (Å²) in [6, 6.07) is 0.0875. The highest BCUT2D eigenvalue weighted by atomic mass is 16.2. The van der Waals surface area contributed by atoms with Crippen LogP contribution in [0.25, 0.3) is 0 Å². The first kappa shape index (κ1) is 13.5. The van der Waals surface area contributed by atoms with Gasteiger partial charge in [0.15, 0.2) is 6.67 Å². The molecule has 1 unspecified atom stereocenters. The highest BCUT2D eigenvalue weighted by Gasteiger charge is 2.46. The van der Waals surface area contributed by atoms with Crippen LogP contribution in [0.5, 0.6) is 0 Å². The highest BCUT2D eigenvalue weighted by Crippen LogP contribution is 2.28.